The van der Waals surface area contributed by atoms with Gasteiger partial charge in [0.15, 0.2) is 5.78 Å². The lowest BCUT2D eigenvalue weighted by Gasteiger charge is -2.23. The third-order valence-electron chi connectivity index (χ3n) is 3.27. The van der Waals surface area contributed by atoms with E-state index in [0.29, 0.717) is 0 Å². The van der Waals surface area contributed by atoms with Crippen LogP contribution in [-0.4, -0.2) is 22.3 Å². The van der Waals surface area contributed by atoms with E-state index >= 15 is 0 Å². The van der Waals surface area contributed by atoms with Gasteiger partial charge in [-0.1, -0.05) is 0 Å². The molecule has 0 aromatic carbocycles. The number of carbonyl (C=O) groups is 1. The van der Waals surface area contributed by atoms with Gasteiger partial charge >= 0.3 is 0 Å². The highest BCUT2D eigenvalue weighted by Crippen LogP contribution is 2.25. The summed E-state index contributed by atoms with van der Waals surface area (Å²) in [5.41, 5.74) is 1.87. The van der Waals surface area contributed by atoms with Crippen molar-refractivity contribution in [3.8, 4) is 0 Å². The zero-order valence-electron chi connectivity index (χ0n) is 12.1. The minimum absolute atomic E-state index is 0.103. The molecule has 3 heterocycles. The Balaban J connectivity index is 1.91. The Morgan fingerprint density at radius 1 is 0.955 bits per heavy atom. The van der Waals surface area contributed by atoms with Gasteiger partial charge in [0, 0.05) is 41.0 Å². The second-order valence-corrected chi connectivity index (χ2v) is 6.12. The van der Waals surface area contributed by atoms with Gasteiger partial charge in [-0.25, -0.2) is 0 Å². The number of carbonyl (C=O) groups excluding carboxylic acids is 1. The van der Waals surface area contributed by atoms with Crippen LogP contribution in [0, 0.1) is 6.92 Å². The molecular formula is C17H15N3OS. The van der Waals surface area contributed by atoms with E-state index in [-0.39, 0.29) is 12.3 Å². The zero-order chi connectivity index (χ0) is 15.4. The third kappa shape index (κ3) is 3.20. The summed E-state index contributed by atoms with van der Waals surface area (Å²) in [6, 6.07) is 11.4. The normalized spacial score (nSPS) is 10.4. The van der Waals surface area contributed by atoms with Crippen molar-refractivity contribution in [3.63, 3.8) is 0 Å². The number of hydrogen-bond donors (Lipinski definition) is 0. The molecule has 0 aliphatic heterocycles. The van der Waals surface area contributed by atoms with Gasteiger partial charge in [0.1, 0.15) is 0 Å². The Labute approximate surface area is 133 Å². The zero-order valence-corrected chi connectivity index (χ0v) is 13.0. The van der Waals surface area contributed by atoms with Crippen molar-refractivity contribution >= 4 is 28.5 Å². The molecule has 0 amide bonds. The van der Waals surface area contributed by atoms with Crippen molar-refractivity contribution in [2.75, 3.05) is 11.4 Å². The standard InChI is InChI=1S/C17H15N3OS/c1-13-2-3-17(22-13)16(21)12-20(14-4-8-18-9-5-14)15-6-10-19-11-7-15/h2-11H,12H2,1H3. The van der Waals surface area contributed by atoms with Gasteiger partial charge in [-0.2, -0.15) is 0 Å². The second-order valence-electron chi connectivity index (χ2n) is 4.83. The molecule has 0 radical (unpaired) electrons. The molecule has 110 valence electrons. The average Bonchev–Trinajstić information content (AvgIpc) is 3.01. The van der Waals surface area contributed by atoms with Gasteiger partial charge in [-0.3, -0.25) is 14.8 Å². The number of aromatic nitrogens is 2. The molecule has 3 aromatic heterocycles. The summed E-state index contributed by atoms with van der Waals surface area (Å²) in [4.78, 5) is 24.5. The Kier molecular flexibility index (Phi) is 4.25. The van der Waals surface area contributed by atoms with Crippen LogP contribution < -0.4 is 4.90 Å². The van der Waals surface area contributed by atoms with Crippen LogP contribution in [0.25, 0.3) is 0 Å². The number of nitrogens with zero attached hydrogens (tertiary/aromatic N) is 3. The van der Waals surface area contributed by atoms with Gasteiger partial charge in [-0.15, -0.1) is 11.3 Å². The van der Waals surface area contributed by atoms with Crippen LogP contribution in [0.1, 0.15) is 14.5 Å². The number of hydrogen-bond acceptors (Lipinski definition) is 5. The first-order chi connectivity index (χ1) is 10.7. The van der Waals surface area contributed by atoms with Crippen LogP contribution in [0.15, 0.2) is 61.2 Å². The lowest BCUT2D eigenvalue weighted by Crippen LogP contribution is -2.25. The number of thiophene rings is 1. The van der Waals surface area contributed by atoms with Crippen LogP contribution >= 0.6 is 11.3 Å². The van der Waals surface area contributed by atoms with Crippen molar-refractivity contribution in [3.05, 3.63) is 70.9 Å². The van der Waals surface area contributed by atoms with Gasteiger partial charge in [0.25, 0.3) is 0 Å². The molecule has 0 saturated heterocycles. The highest BCUT2D eigenvalue weighted by molar-refractivity contribution is 7.14. The molecule has 0 N–H and O–H groups in total. The highest BCUT2D eigenvalue weighted by Gasteiger charge is 2.16. The number of rotatable bonds is 5. The predicted octanol–water partition coefficient (Wildman–Crippen LogP) is 3.87. The van der Waals surface area contributed by atoms with Crippen LogP contribution in [0.3, 0.4) is 0 Å². The van der Waals surface area contributed by atoms with E-state index in [9.17, 15) is 4.79 Å². The summed E-state index contributed by atoms with van der Waals surface area (Å²) in [5, 5.41) is 0. The van der Waals surface area contributed by atoms with Gasteiger partial charge in [0.05, 0.1) is 11.4 Å². The summed E-state index contributed by atoms with van der Waals surface area (Å²) in [6.45, 7) is 2.29. The Hall–Kier alpha value is -2.53. The van der Waals surface area contributed by atoms with Crippen molar-refractivity contribution < 1.29 is 4.79 Å². The van der Waals surface area contributed by atoms with Crippen LogP contribution in [0.2, 0.25) is 0 Å². The minimum atomic E-state index is 0.103. The van der Waals surface area contributed by atoms with E-state index in [4.69, 9.17) is 0 Å². The SMILES string of the molecule is Cc1ccc(C(=O)CN(c2ccncc2)c2ccncc2)s1. The van der Waals surface area contributed by atoms with E-state index in [1.54, 1.807) is 24.8 Å². The summed E-state index contributed by atoms with van der Waals surface area (Å²) in [7, 11) is 0. The first kappa shape index (κ1) is 14.4. The number of pyridine rings is 2. The Morgan fingerprint density at radius 2 is 1.50 bits per heavy atom. The summed E-state index contributed by atoms with van der Waals surface area (Å²) < 4.78 is 0. The van der Waals surface area contributed by atoms with Crippen LogP contribution in [0.5, 0.6) is 0 Å². The van der Waals surface area contributed by atoms with E-state index in [2.05, 4.69) is 9.97 Å². The molecular weight excluding hydrogens is 294 g/mol. The lowest BCUT2D eigenvalue weighted by atomic mass is 10.2. The third-order valence-corrected chi connectivity index (χ3v) is 4.31. The fraction of sp³-hybridized carbons (Fsp3) is 0.118. The number of anilines is 2. The van der Waals surface area contributed by atoms with Crippen LogP contribution in [0.4, 0.5) is 11.4 Å². The summed E-state index contributed by atoms with van der Waals surface area (Å²) >= 11 is 1.53. The lowest BCUT2D eigenvalue weighted by molar-refractivity contribution is 0.101. The van der Waals surface area contributed by atoms with E-state index < -0.39 is 0 Å². The smallest absolute Gasteiger partial charge is 0.192 e. The van der Waals surface area contributed by atoms with E-state index in [0.717, 1.165) is 21.1 Å². The molecule has 0 spiro atoms. The Morgan fingerprint density at radius 3 is 1.95 bits per heavy atom. The summed E-state index contributed by atoms with van der Waals surface area (Å²) in [6.07, 6.45) is 6.90. The second kappa shape index (κ2) is 6.49. The van der Waals surface area contributed by atoms with Gasteiger partial charge in [-0.05, 0) is 43.3 Å². The first-order valence-electron chi connectivity index (χ1n) is 6.91. The molecule has 0 fully saturated rings. The maximum absolute atomic E-state index is 12.6. The fourth-order valence-corrected chi connectivity index (χ4v) is 2.98. The number of aryl methyl sites for hydroxylation is 1. The minimum Gasteiger partial charge on any atom is -0.333 e. The maximum atomic E-state index is 12.6. The van der Waals surface area contributed by atoms with Crippen molar-refractivity contribution in [2.45, 2.75) is 6.92 Å². The van der Waals surface area contributed by atoms with Crippen molar-refractivity contribution in [2.24, 2.45) is 0 Å². The fourth-order valence-electron chi connectivity index (χ4n) is 2.19. The monoisotopic (exact) mass is 309 g/mol. The summed E-state index contributed by atoms with van der Waals surface area (Å²) in [5.74, 6) is 0.103. The molecule has 22 heavy (non-hydrogen) atoms. The molecule has 0 atom stereocenters. The first-order valence-corrected chi connectivity index (χ1v) is 7.73. The van der Waals surface area contributed by atoms with Gasteiger partial charge < -0.3 is 4.90 Å². The molecule has 0 saturated carbocycles. The molecule has 0 aliphatic carbocycles. The van der Waals surface area contributed by atoms with E-state index in [1.165, 1.54) is 11.3 Å². The number of Topliss-reactive ketones (excluding diaryl/α,β-unsaturated/α-hetero) is 1. The largest absolute Gasteiger partial charge is 0.333 e. The topological polar surface area (TPSA) is 46.1 Å². The molecule has 5 heteroatoms. The van der Waals surface area contributed by atoms with Crippen LogP contribution in [-0.2, 0) is 0 Å². The van der Waals surface area contributed by atoms with Gasteiger partial charge in [0.2, 0.25) is 0 Å². The highest BCUT2D eigenvalue weighted by atomic mass is 32.1. The molecule has 3 rings (SSSR count). The molecule has 0 bridgehead atoms. The van der Waals surface area contributed by atoms with Crippen molar-refractivity contribution in [1.29, 1.82) is 0 Å². The Bertz CT molecular complexity index is 716. The molecule has 0 aliphatic rings. The molecule has 4 nitrogen and oxygen atoms in total. The predicted molar refractivity (Wildman–Crippen MR) is 88.9 cm³/mol. The van der Waals surface area contributed by atoms with E-state index in [1.807, 2.05) is 48.2 Å². The number of ketones is 1. The maximum Gasteiger partial charge on any atom is 0.192 e. The molecule has 3 aromatic rings. The average molecular weight is 309 g/mol. The quantitative estimate of drug-likeness (QED) is 0.671. The van der Waals surface area contributed by atoms with Crippen molar-refractivity contribution in [1.82, 2.24) is 9.97 Å². The molecule has 0 unspecified atom stereocenters.